The standard InChI is InChI=1S/C13H13NO3/c1-8(15)9-2-4-11-10(3-5-13(16)17)7-14-12(11)6-9/h2,4,6-7,14H,3,5H2,1H3,(H,16,17). The number of H-pyrrole nitrogens is 1. The van der Waals surface area contributed by atoms with Crippen LogP contribution in [0.25, 0.3) is 10.9 Å². The van der Waals surface area contributed by atoms with Crippen molar-refractivity contribution in [2.75, 3.05) is 0 Å². The first-order valence-corrected chi connectivity index (χ1v) is 5.40. The molecule has 88 valence electrons. The SMILES string of the molecule is CC(=O)c1ccc2c(CCC(=O)O)c[nH]c2c1. The molecular formula is C13H13NO3. The number of aromatic nitrogens is 1. The van der Waals surface area contributed by atoms with E-state index in [1.165, 1.54) is 6.92 Å². The second kappa shape index (κ2) is 4.41. The fourth-order valence-electron chi connectivity index (χ4n) is 1.85. The Balaban J connectivity index is 2.34. The molecule has 0 unspecified atom stereocenters. The van der Waals surface area contributed by atoms with Gasteiger partial charge in [-0.2, -0.15) is 0 Å². The van der Waals surface area contributed by atoms with Crippen LogP contribution in [-0.2, 0) is 11.2 Å². The van der Waals surface area contributed by atoms with Crippen LogP contribution >= 0.6 is 0 Å². The van der Waals surface area contributed by atoms with Crippen LogP contribution in [0.3, 0.4) is 0 Å². The zero-order valence-corrected chi connectivity index (χ0v) is 9.49. The maximum absolute atomic E-state index is 11.2. The summed E-state index contributed by atoms with van der Waals surface area (Å²) in [6, 6.07) is 5.42. The predicted molar refractivity (Wildman–Crippen MR) is 64.3 cm³/mol. The molecular weight excluding hydrogens is 218 g/mol. The highest BCUT2D eigenvalue weighted by molar-refractivity contribution is 5.98. The molecule has 0 aliphatic rings. The van der Waals surface area contributed by atoms with Crippen molar-refractivity contribution < 1.29 is 14.7 Å². The maximum atomic E-state index is 11.2. The van der Waals surface area contributed by atoms with Gasteiger partial charge in [-0.15, -0.1) is 0 Å². The van der Waals surface area contributed by atoms with Crippen molar-refractivity contribution in [1.82, 2.24) is 4.98 Å². The van der Waals surface area contributed by atoms with Gasteiger partial charge < -0.3 is 10.1 Å². The number of hydrogen-bond donors (Lipinski definition) is 2. The number of fused-ring (bicyclic) bond motifs is 1. The molecule has 0 radical (unpaired) electrons. The van der Waals surface area contributed by atoms with Gasteiger partial charge in [0.1, 0.15) is 0 Å². The van der Waals surface area contributed by atoms with Crippen LogP contribution < -0.4 is 0 Å². The van der Waals surface area contributed by atoms with Crippen molar-refractivity contribution >= 4 is 22.7 Å². The molecule has 0 bridgehead atoms. The van der Waals surface area contributed by atoms with E-state index in [9.17, 15) is 9.59 Å². The molecule has 0 saturated carbocycles. The highest BCUT2D eigenvalue weighted by Crippen LogP contribution is 2.21. The average molecular weight is 231 g/mol. The molecule has 2 N–H and O–H groups in total. The topological polar surface area (TPSA) is 70.2 Å². The molecule has 0 saturated heterocycles. The lowest BCUT2D eigenvalue weighted by atomic mass is 10.1. The molecule has 2 rings (SSSR count). The van der Waals surface area contributed by atoms with Crippen LogP contribution in [0.5, 0.6) is 0 Å². The largest absolute Gasteiger partial charge is 0.481 e. The molecule has 0 aliphatic carbocycles. The van der Waals surface area contributed by atoms with Crippen LogP contribution in [0.15, 0.2) is 24.4 Å². The van der Waals surface area contributed by atoms with Crippen LogP contribution in [0.1, 0.15) is 29.3 Å². The number of Topliss-reactive ketones (excluding diaryl/α,β-unsaturated/α-hetero) is 1. The quantitative estimate of drug-likeness (QED) is 0.794. The Morgan fingerprint density at radius 1 is 1.35 bits per heavy atom. The first-order valence-electron chi connectivity index (χ1n) is 5.40. The Hall–Kier alpha value is -2.10. The molecule has 0 atom stereocenters. The Kier molecular flexibility index (Phi) is 2.95. The lowest BCUT2D eigenvalue weighted by molar-refractivity contribution is -0.136. The number of rotatable bonds is 4. The summed E-state index contributed by atoms with van der Waals surface area (Å²) in [5.41, 5.74) is 2.50. The lowest BCUT2D eigenvalue weighted by Gasteiger charge is -1.98. The number of carboxylic acids is 1. The summed E-state index contributed by atoms with van der Waals surface area (Å²) in [6.45, 7) is 1.52. The molecule has 1 aromatic carbocycles. The van der Waals surface area contributed by atoms with Gasteiger partial charge in [0.2, 0.25) is 0 Å². The van der Waals surface area contributed by atoms with Crippen LogP contribution in [-0.4, -0.2) is 21.8 Å². The van der Waals surface area contributed by atoms with Gasteiger partial charge >= 0.3 is 5.97 Å². The fraction of sp³-hybridized carbons (Fsp3) is 0.231. The average Bonchev–Trinajstić information content (AvgIpc) is 2.68. The summed E-state index contributed by atoms with van der Waals surface area (Å²) in [4.78, 5) is 24.8. The number of aliphatic carboxylic acids is 1. The van der Waals surface area contributed by atoms with E-state index >= 15 is 0 Å². The number of aryl methyl sites for hydroxylation is 1. The number of carbonyl (C=O) groups excluding carboxylic acids is 1. The summed E-state index contributed by atoms with van der Waals surface area (Å²) < 4.78 is 0. The molecule has 0 spiro atoms. The maximum Gasteiger partial charge on any atom is 0.303 e. The van der Waals surface area contributed by atoms with E-state index in [-0.39, 0.29) is 12.2 Å². The van der Waals surface area contributed by atoms with Crippen molar-refractivity contribution in [2.24, 2.45) is 0 Å². The van der Waals surface area contributed by atoms with Gasteiger partial charge in [0.15, 0.2) is 5.78 Å². The van der Waals surface area contributed by atoms with E-state index in [0.29, 0.717) is 12.0 Å². The molecule has 1 heterocycles. The third-order valence-corrected chi connectivity index (χ3v) is 2.78. The highest BCUT2D eigenvalue weighted by atomic mass is 16.4. The Morgan fingerprint density at radius 3 is 2.76 bits per heavy atom. The Morgan fingerprint density at radius 2 is 2.12 bits per heavy atom. The second-order valence-electron chi connectivity index (χ2n) is 4.02. The summed E-state index contributed by atoms with van der Waals surface area (Å²) in [5, 5.41) is 9.63. The predicted octanol–water partition coefficient (Wildman–Crippen LogP) is 2.39. The minimum absolute atomic E-state index is 0.0218. The number of carboxylic acid groups (broad SMARTS) is 1. The molecule has 4 heteroatoms. The summed E-state index contributed by atoms with van der Waals surface area (Å²) in [6.07, 6.45) is 2.41. The third-order valence-electron chi connectivity index (χ3n) is 2.78. The second-order valence-corrected chi connectivity index (χ2v) is 4.02. The molecule has 0 aliphatic heterocycles. The van der Waals surface area contributed by atoms with Crippen LogP contribution in [0.4, 0.5) is 0 Å². The van der Waals surface area contributed by atoms with Crippen molar-refractivity contribution in [3.8, 4) is 0 Å². The summed E-state index contributed by atoms with van der Waals surface area (Å²) in [7, 11) is 0. The van der Waals surface area contributed by atoms with Gasteiger partial charge in [-0.25, -0.2) is 0 Å². The van der Waals surface area contributed by atoms with Gasteiger partial charge in [-0.05, 0) is 25.0 Å². The first-order chi connectivity index (χ1) is 8.08. The van der Waals surface area contributed by atoms with Gasteiger partial charge in [0.05, 0.1) is 0 Å². The van der Waals surface area contributed by atoms with E-state index in [0.717, 1.165) is 16.5 Å². The van der Waals surface area contributed by atoms with Gasteiger partial charge in [-0.1, -0.05) is 12.1 Å². The molecule has 0 fully saturated rings. The van der Waals surface area contributed by atoms with E-state index in [1.54, 1.807) is 18.3 Å². The summed E-state index contributed by atoms with van der Waals surface area (Å²) in [5.74, 6) is -0.784. The number of nitrogens with one attached hydrogen (secondary N) is 1. The fourth-order valence-corrected chi connectivity index (χ4v) is 1.85. The first kappa shape index (κ1) is 11.4. The lowest BCUT2D eigenvalue weighted by Crippen LogP contribution is -1.96. The number of aromatic amines is 1. The van der Waals surface area contributed by atoms with Crippen molar-refractivity contribution in [1.29, 1.82) is 0 Å². The number of hydrogen-bond acceptors (Lipinski definition) is 2. The van der Waals surface area contributed by atoms with Crippen molar-refractivity contribution in [3.63, 3.8) is 0 Å². The number of benzene rings is 1. The number of carbonyl (C=O) groups is 2. The normalized spacial score (nSPS) is 10.6. The van der Waals surface area contributed by atoms with Crippen molar-refractivity contribution in [2.45, 2.75) is 19.8 Å². The summed E-state index contributed by atoms with van der Waals surface area (Å²) >= 11 is 0. The van der Waals surface area contributed by atoms with Gasteiger partial charge in [0.25, 0.3) is 0 Å². The van der Waals surface area contributed by atoms with E-state index in [4.69, 9.17) is 5.11 Å². The van der Waals surface area contributed by atoms with Crippen molar-refractivity contribution in [3.05, 3.63) is 35.5 Å². The van der Waals surface area contributed by atoms with E-state index < -0.39 is 5.97 Å². The van der Waals surface area contributed by atoms with E-state index in [1.807, 2.05) is 6.07 Å². The minimum Gasteiger partial charge on any atom is -0.481 e. The molecule has 4 nitrogen and oxygen atoms in total. The van der Waals surface area contributed by atoms with Crippen LogP contribution in [0, 0.1) is 0 Å². The monoisotopic (exact) mass is 231 g/mol. The Labute approximate surface area is 98.3 Å². The third kappa shape index (κ3) is 2.36. The minimum atomic E-state index is -0.806. The highest BCUT2D eigenvalue weighted by Gasteiger charge is 2.07. The number of ketones is 1. The molecule has 1 aromatic heterocycles. The Bertz CT molecular complexity index is 583. The van der Waals surface area contributed by atoms with E-state index in [2.05, 4.69) is 4.98 Å². The van der Waals surface area contributed by atoms with Crippen LogP contribution in [0.2, 0.25) is 0 Å². The van der Waals surface area contributed by atoms with Gasteiger partial charge in [-0.3, -0.25) is 9.59 Å². The molecule has 2 aromatic rings. The molecule has 0 amide bonds. The smallest absolute Gasteiger partial charge is 0.303 e. The zero-order valence-electron chi connectivity index (χ0n) is 9.49. The zero-order chi connectivity index (χ0) is 12.4. The molecule has 17 heavy (non-hydrogen) atoms. The van der Waals surface area contributed by atoms with Gasteiger partial charge in [0, 0.05) is 29.1 Å².